The Bertz CT molecular complexity index is 678. The molecule has 0 aromatic heterocycles. The van der Waals surface area contributed by atoms with Gasteiger partial charge in [-0.05, 0) is 27.2 Å². The van der Waals surface area contributed by atoms with E-state index in [1.54, 1.807) is 0 Å². The van der Waals surface area contributed by atoms with Crippen LogP contribution < -0.4 is 0 Å². The molecule has 0 aliphatic heterocycles. The van der Waals surface area contributed by atoms with Crippen molar-refractivity contribution >= 4 is 17.9 Å². The number of hydrogen-bond donors (Lipinski definition) is 6. The van der Waals surface area contributed by atoms with Crippen molar-refractivity contribution in [2.75, 3.05) is 39.6 Å². The summed E-state index contributed by atoms with van der Waals surface area (Å²) in [6.45, 7) is 1.28. The predicted molar refractivity (Wildman–Crippen MR) is 113 cm³/mol. The molecule has 0 radical (unpaired) electrons. The molecule has 0 unspecified atom stereocenters. The minimum atomic E-state index is -2.42. The van der Waals surface area contributed by atoms with Crippen LogP contribution in [-0.2, 0) is 28.6 Å². The van der Waals surface area contributed by atoms with Gasteiger partial charge in [-0.1, -0.05) is 0 Å². The lowest BCUT2D eigenvalue weighted by Gasteiger charge is -2.50. The number of aliphatic hydroxyl groups is 3. The van der Waals surface area contributed by atoms with Gasteiger partial charge in [0.15, 0.2) is 5.41 Å². The number of ether oxygens (including phenoxy) is 3. The monoisotopic (exact) mass is 476 g/mol. The standard InChI is InChI=1S/C21H32O12/c1-4-31-14(9-17(25)26)21(15(32-5-2)10-18(27)28,16(33-6-3)11-19(29)30)20(12-23,13-24)7-8-22/h9-11,22-24H,4-8,12-13H2,1-3H3,(H,25,26)(H,27,28)(H,29,30). The third-order valence-corrected chi connectivity index (χ3v) is 4.76. The molecular weight excluding hydrogens is 444 g/mol. The number of rotatable bonds is 17. The Morgan fingerprint density at radius 3 is 1.15 bits per heavy atom. The normalized spacial score (nSPS) is 14.9. The van der Waals surface area contributed by atoms with Crippen LogP contribution in [0.1, 0.15) is 27.2 Å². The van der Waals surface area contributed by atoms with Crippen molar-refractivity contribution in [2.45, 2.75) is 27.2 Å². The van der Waals surface area contributed by atoms with Crippen molar-refractivity contribution in [3.8, 4) is 0 Å². The summed E-state index contributed by atoms with van der Waals surface area (Å²) in [5, 5.41) is 59.2. The molecule has 0 saturated heterocycles. The highest BCUT2D eigenvalue weighted by atomic mass is 16.5. The van der Waals surface area contributed by atoms with Gasteiger partial charge >= 0.3 is 17.9 Å². The van der Waals surface area contributed by atoms with Crippen LogP contribution in [-0.4, -0.2) is 88.2 Å². The summed E-state index contributed by atoms with van der Waals surface area (Å²) < 4.78 is 16.6. The SMILES string of the molecule is CCOC(=CC(=O)O)C(C(=CC(=O)O)OCC)(C(=CC(=O)O)OCC)C(CO)(CO)CCO. The molecule has 0 aliphatic rings. The minimum Gasteiger partial charge on any atom is -0.496 e. The molecule has 0 spiro atoms. The second-order valence-corrected chi connectivity index (χ2v) is 6.66. The van der Waals surface area contributed by atoms with E-state index in [0.29, 0.717) is 18.2 Å². The molecule has 0 aliphatic carbocycles. The number of carboxylic acids is 3. The van der Waals surface area contributed by atoms with Crippen molar-refractivity contribution in [3.63, 3.8) is 0 Å². The van der Waals surface area contributed by atoms with E-state index in [9.17, 15) is 45.0 Å². The van der Waals surface area contributed by atoms with Gasteiger partial charge < -0.3 is 44.8 Å². The van der Waals surface area contributed by atoms with Crippen LogP contribution in [0, 0.1) is 10.8 Å². The first-order valence-corrected chi connectivity index (χ1v) is 10.1. The van der Waals surface area contributed by atoms with E-state index in [-0.39, 0.29) is 19.8 Å². The lowest BCUT2D eigenvalue weighted by Crippen LogP contribution is -2.53. The van der Waals surface area contributed by atoms with Crippen LogP contribution in [0.4, 0.5) is 0 Å². The van der Waals surface area contributed by atoms with E-state index in [4.69, 9.17) is 14.2 Å². The van der Waals surface area contributed by atoms with E-state index in [1.807, 2.05) is 0 Å². The first-order valence-electron chi connectivity index (χ1n) is 10.1. The number of aliphatic carboxylic acids is 3. The third kappa shape index (κ3) is 6.94. The number of carbonyl (C=O) groups is 3. The van der Waals surface area contributed by atoms with Crippen molar-refractivity contribution in [2.24, 2.45) is 10.8 Å². The van der Waals surface area contributed by atoms with E-state index < -0.39 is 72.3 Å². The van der Waals surface area contributed by atoms with Gasteiger partial charge in [0.25, 0.3) is 0 Å². The summed E-state index contributed by atoms with van der Waals surface area (Å²) in [7, 11) is 0. The van der Waals surface area contributed by atoms with E-state index in [1.165, 1.54) is 20.8 Å². The first kappa shape index (κ1) is 29.9. The van der Waals surface area contributed by atoms with Crippen LogP contribution in [0.15, 0.2) is 35.5 Å². The van der Waals surface area contributed by atoms with Gasteiger partial charge in [-0.25, -0.2) is 14.4 Å². The van der Waals surface area contributed by atoms with E-state index in [0.717, 1.165) is 0 Å². The highest BCUT2D eigenvalue weighted by molar-refractivity contribution is 5.84. The Morgan fingerprint density at radius 2 is 0.970 bits per heavy atom. The first-order chi connectivity index (χ1) is 15.6. The highest BCUT2D eigenvalue weighted by Gasteiger charge is 2.62. The maximum atomic E-state index is 11.7. The molecule has 12 heteroatoms. The van der Waals surface area contributed by atoms with Gasteiger partial charge in [-0.3, -0.25) is 0 Å². The lowest BCUT2D eigenvalue weighted by molar-refractivity contribution is -0.132. The van der Waals surface area contributed by atoms with Gasteiger partial charge in [-0.2, -0.15) is 0 Å². The molecule has 0 aromatic rings. The summed E-state index contributed by atoms with van der Waals surface area (Å²) in [6, 6.07) is 0. The van der Waals surface area contributed by atoms with Crippen LogP contribution in [0.2, 0.25) is 0 Å². The summed E-state index contributed by atoms with van der Waals surface area (Å²) in [4.78, 5) is 35.1. The fourth-order valence-electron chi connectivity index (χ4n) is 3.57. The van der Waals surface area contributed by atoms with Gasteiger partial charge in [0.2, 0.25) is 0 Å². The second-order valence-electron chi connectivity index (χ2n) is 6.66. The van der Waals surface area contributed by atoms with Crippen molar-refractivity contribution < 1.29 is 59.2 Å². The maximum Gasteiger partial charge on any atom is 0.331 e. The number of carboxylic acid groups (broad SMARTS) is 3. The molecule has 0 amide bonds. The molecule has 0 heterocycles. The largest absolute Gasteiger partial charge is 0.496 e. The quantitative estimate of drug-likeness (QED) is 0.124. The van der Waals surface area contributed by atoms with E-state index >= 15 is 0 Å². The van der Waals surface area contributed by atoms with Crippen LogP contribution in [0.5, 0.6) is 0 Å². The zero-order valence-corrected chi connectivity index (χ0v) is 18.8. The molecule has 6 N–H and O–H groups in total. The zero-order valence-electron chi connectivity index (χ0n) is 18.8. The molecule has 12 nitrogen and oxygen atoms in total. The molecule has 0 aromatic carbocycles. The van der Waals surface area contributed by atoms with Crippen molar-refractivity contribution in [1.82, 2.24) is 0 Å². The van der Waals surface area contributed by atoms with Gasteiger partial charge in [-0.15, -0.1) is 0 Å². The predicted octanol–water partition coefficient (Wildman–Crippen LogP) is 0.341. The molecule has 0 fully saturated rings. The molecule has 0 saturated carbocycles. The molecule has 0 bridgehead atoms. The Kier molecular flexibility index (Phi) is 12.8. The Labute approximate surface area is 191 Å². The average Bonchev–Trinajstić information content (AvgIpc) is 2.72. The Hall–Kier alpha value is -3.09. The van der Waals surface area contributed by atoms with Crippen LogP contribution in [0.25, 0.3) is 0 Å². The Balaban J connectivity index is 8.26. The average molecular weight is 476 g/mol. The Morgan fingerprint density at radius 1 is 0.667 bits per heavy atom. The van der Waals surface area contributed by atoms with Crippen molar-refractivity contribution in [3.05, 3.63) is 35.5 Å². The molecule has 0 rings (SSSR count). The smallest absolute Gasteiger partial charge is 0.331 e. The highest BCUT2D eigenvalue weighted by Crippen LogP contribution is 2.58. The van der Waals surface area contributed by atoms with Gasteiger partial charge in [0.1, 0.15) is 17.3 Å². The number of hydrogen-bond acceptors (Lipinski definition) is 9. The molecule has 0 atom stereocenters. The van der Waals surface area contributed by atoms with Gasteiger partial charge in [0.05, 0.1) is 51.3 Å². The third-order valence-electron chi connectivity index (χ3n) is 4.76. The number of aliphatic hydroxyl groups excluding tert-OH is 3. The molecule has 33 heavy (non-hydrogen) atoms. The van der Waals surface area contributed by atoms with Crippen LogP contribution in [0.3, 0.4) is 0 Å². The molecular formula is C21H32O12. The summed E-state index contributed by atoms with van der Waals surface area (Å²) in [6.07, 6.45) is 1.14. The molecule has 188 valence electrons. The summed E-state index contributed by atoms with van der Waals surface area (Å²) >= 11 is 0. The maximum absolute atomic E-state index is 11.7. The summed E-state index contributed by atoms with van der Waals surface area (Å²) in [5.41, 5.74) is -4.46. The summed E-state index contributed by atoms with van der Waals surface area (Å²) in [5.74, 6) is -6.40. The zero-order chi connectivity index (χ0) is 25.7. The van der Waals surface area contributed by atoms with Gasteiger partial charge in [0, 0.05) is 12.0 Å². The second kappa shape index (κ2) is 14.1. The fourth-order valence-corrected chi connectivity index (χ4v) is 3.57. The topological polar surface area (TPSA) is 200 Å². The van der Waals surface area contributed by atoms with Crippen LogP contribution >= 0.6 is 0 Å². The minimum absolute atomic E-state index is 0.175. The van der Waals surface area contributed by atoms with Crippen molar-refractivity contribution in [1.29, 1.82) is 0 Å². The lowest BCUT2D eigenvalue weighted by atomic mass is 9.58. The fraction of sp³-hybridized carbons (Fsp3) is 0.571. The van der Waals surface area contributed by atoms with E-state index in [2.05, 4.69) is 0 Å².